The van der Waals surface area contributed by atoms with Crippen molar-refractivity contribution in [2.45, 2.75) is 24.4 Å². The van der Waals surface area contributed by atoms with Crippen LogP contribution in [-0.2, 0) is 17.1 Å². The van der Waals surface area contributed by atoms with Gasteiger partial charge in [0.25, 0.3) is 0 Å². The Bertz CT molecular complexity index is 1330. The van der Waals surface area contributed by atoms with Gasteiger partial charge in [-0.1, -0.05) is 23.9 Å². The second-order valence-electron chi connectivity index (χ2n) is 7.75. The van der Waals surface area contributed by atoms with E-state index < -0.39 is 0 Å². The average molecular weight is 494 g/mol. The van der Waals surface area contributed by atoms with Gasteiger partial charge in [0.1, 0.15) is 23.1 Å². The van der Waals surface area contributed by atoms with Crippen molar-refractivity contribution < 1.29 is 23.3 Å². The molecule has 0 saturated carbocycles. The van der Waals surface area contributed by atoms with Crippen LogP contribution >= 0.6 is 11.8 Å². The van der Waals surface area contributed by atoms with Gasteiger partial charge in [-0.3, -0.25) is 4.57 Å². The molecule has 0 bridgehead atoms. The first kappa shape index (κ1) is 23.2. The SMILES string of the molecule is CCOc1ccc(-n2c(SCc3cc(F)cc4c3OCOC4)nnc2-c2cccc(OC)c2)cc1. The molecule has 1 aliphatic heterocycles. The van der Waals surface area contributed by atoms with Gasteiger partial charge < -0.3 is 18.9 Å². The van der Waals surface area contributed by atoms with Crippen LogP contribution < -0.4 is 14.2 Å². The van der Waals surface area contributed by atoms with E-state index in [1.807, 2.05) is 60.0 Å². The van der Waals surface area contributed by atoms with Gasteiger partial charge in [0.05, 0.1) is 20.3 Å². The van der Waals surface area contributed by atoms with Crippen LogP contribution in [0.2, 0.25) is 0 Å². The van der Waals surface area contributed by atoms with Crippen molar-refractivity contribution in [1.82, 2.24) is 14.8 Å². The molecule has 7 nitrogen and oxygen atoms in total. The quantitative estimate of drug-likeness (QED) is 0.294. The zero-order valence-electron chi connectivity index (χ0n) is 19.4. The fourth-order valence-corrected chi connectivity index (χ4v) is 4.83. The normalized spacial score (nSPS) is 12.7. The lowest BCUT2D eigenvalue weighted by molar-refractivity contribution is -0.0171. The maximum Gasteiger partial charge on any atom is 0.196 e. The predicted octanol–water partition coefficient (Wildman–Crippen LogP) is 5.64. The minimum atomic E-state index is -0.321. The van der Waals surface area contributed by atoms with Crippen LogP contribution in [0.4, 0.5) is 4.39 Å². The molecule has 0 aliphatic carbocycles. The Morgan fingerprint density at radius 3 is 2.71 bits per heavy atom. The van der Waals surface area contributed by atoms with Gasteiger partial charge in [-0.05, 0) is 55.5 Å². The van der Waals surface area contributed by atoms with Gasteiger partial charge in [0.15, 0.2) is 17.8 Å². The number of nitrogens with zero attached hydrogens (tertiary/aromatic N) is 3. The summed E-state index contributed by atoms with van der Waals surface area (Å²) in [6, 6.07) is 18.4. The third-order valence-corrected chi connectivity index (χ3v) is 6.45. The van der Waals surface area contributed by atoms with E-state index in [-0.39, 0.29) is 12.6 Å². The highest BCUT2D eigenvalue weighted by molar-refractivity contribution is 7.98. The van der Waals surface area contributed by atoms with Gasteiger partial charge >= 0.3 is 0 Å². The molecule has 0 unspecified atom stereocenters. The molecule has 3 aromatic carbocycles. The summed E-state index contributed by atoms with van der Waals surface area (Å²) in [7, 11) is 1.63. The van der Waals surface area contributed by atoms with Crippen molar-refractivity contribution in [2.24, 2.45) is 0 Å². The fraction of sp³-hybridized carbons (Fsp3) is 0.231. The molecule has 0 atom stereocenters. The maximum atomic E-state index is 14.2. The van der Waals surface area contributed by atoms with Crippen molar-refractivity contribution in [2.75, 3.05) is 20.5 Å². The number of thioether (sulfide) groups is 1. The zero-order chi connectivity index (χ0) is 24.2. The van der Waals surface area contributed by atoms with Crippen molar-refractivity contribution in [1.29, 1.82) is 0 Å². The molecule has 9 heteroatoms. The lowest BCUT2D eigenvalue weighted by atomic mass is 10.1. The largest absolute Gasteiger partial charge is 0.497 e. The first-order chi connectivity index (χ1) is 17.2. The van der Waals surface area contributed by atoms with Crippen LogP contribution in [0.15, 0.2) is 65.8 Å². The van der Waals surface area contributed by atoms with Crippen LogP contribution in [0.1, 0.15) is 18.1 Å². The summed E-state index contributed by atoms with van der Waals surface area (Å²) in [6.07, 6.45) is 0. The third kappa shape index (κ3) is 4.96. The Kier molecular flexibility index (Phi) is 6.87. The number of rotatable bonds is 8. The molecule has 1 aromatic heterocycles. The van der Waals surface area contributed by atoms with Gasteiger partial charge in [-0.25, -0.2) is 4.39 Å². The van der Waals surface area contributed by atoms with Crippen molar-refractivity contribution in [3.63, 3.8) is 0 Å². The second kappa shape index (κ2) is 10.4. The molecule has 0 radical (unpaired) electrons. The molecular weight excluding hydrogens is 469 g/mol. The molecule has 0 N–H and O–H groups in total. The lowest BCUT2D eigenvalue weighted by Gasteiger charge is -2.20. The number of hydrogen-bond donors (Lipinski definition) is 0. The number of benzene rings is 3. The summed E-state index contributed by atoms with van der Waals surface area (Å²) in [5.41, 5.74) is 3.19. The number of fused-ring (bicyclic) bond motifs is 1. The molecule has 0 spiro atoms. The summed E-state index contributed by atoms with van der Waals surface area (Å²) in [5, 5.41) is 9.64. The Balaban J connectivity index is 1.52. The molecule has 180 valence electrons. The van der Waals surface area contributed by atoms with E-state index in [0.29, 0.717) is 41.3 Å². The Hall–Kier alpha value is -3.56. The summed E-state index contributed by atoms with van der Waals surface area (Å²) in [5.74, 6) is 2.98. The van der Waals surface area contributed by atoms with Crippen molar-refractivity contribution in [3.8, 4) is 34.3 Å². The average Bonchev–Trinajstić information content (AvgIpc) is 3.32. The van der Waals surface area contributed by atoms with Crippen molar-refractivity contribution >= 4 is 11.8 Å². The Labute approximate surface area is 206 Å². The van der Waals surface area contributed by atoms with Crippen LogP contribution in [-0.4, -0.2) is 35.3 Å². The van der Waals surface area contributed by atoms with E-state index >= 15 is 0 Å². The number of aromatic nitrogens is 3. The molecule has 35 heavy (non-hydrogen) atoms. The standard InChI is InChI=1S/C26H24FN3O4S/c1-3-33-22-9-7-21(8-10-22)30-25(17-5-4-6-23(13-17)31-2)28-29-26(30)35-15-19-12-20(27)11-18-14-32-16-34-24(18)19/h4-13H,3,14-16H2,1-2H3. The zero-order valence-corrected chi connectivity index (χ0v) is 20.2. The summed E-state index contributed by atoms with van der Waals surface area (Å²) >= 11 is 1.46. The van der Waals surface area contributed by atoms with Gasteiger partial charge in [-0.2, -0.15) is 0 Å². The molecule has 5 rings (SSSR count). The highest BCUT2D eigenvalue weighted by Crippen LogP contribution is 2.36. The van der Waals surface area contributed by atoms with E-state index in [1.54, 1.807) is 7.11 Å². The molecule has 0 saturated heterocycles. The van der Waals surface area contributed by atoms with Crippen LogP contribution in [0, 0.1) is 5.82 Å². The van der Waals surface area contributed by atoms with E-state index in [1.165, 1.54) is 23.9 Å². The molecule has 1 aliphatic rings. The predicted molar refractivity (Wildman–Crippen MR) is 131 cm³/mol. The monoisotopic (exact) mass is 493 g/mol. The first-order valence-electron chi connectivity index (χ1n) is 11.1. The summed E-state index contributed by atoms with van der Waals surface area (Å²) < 4.78 is 38.2. The van der Waals surface area contributed by atoms with E-state index in [4.69, 9.17) is 18.9 Å². The second-order valence-corrected chi connectivity index (χ2v) is 8.70. The first-order valence-corrected chi connectivity index (χ1v) is 12.1. The molecule has 4 aromatic rings. The fourth-order valence-electron chi connectivity index (χ4n) is 3.91. The minimum Gasteiger partial charge on any atom is -0.497 e. The minimum absolute atomic E-state index is 0.151. The van der Waals surface area contributed by atoms with Crippen LogP contribution in [0.3, 0.4) is 0 Å². The third-order valence-electron chi connectivity index (χ3n) is 5.48. The van der Waals surface area contributed by atoms with E-state index in [0.717, 1.165) is 28.3 Å². The van der Waals surface area contributed by atoms with Crippen LogP contribution in [0.25, 0.3) is 17.1 Å². The highest BCUT2D eigenvalue weighted by Gasteiger charge is 2.20. The molecular formula is C26H24FN3O4S. The number of halogens is 1. The summed E-state index contributed by atoms with van der Waals surface area (Å²) in [4.78, 5) is 0. The highest BCUT2D eigenvalue weighted by atomic mass is 32.2. The Morgan fingerprint density at radius 2 is 1.91 bits per heavy atom. The van der Waals surface area contributed by atoms with E-state index in [9.17, 15) is 4.39 Å². The summed E-state index contributed by atoms with van der Waals surface area (Å²) in [6.45, 7) is 3.02. The number of hydrogen-bond acceptors (Lipinski definition) is 7. The maximum absolute atomic E-state index is 14.2. The van der Waals surface area contributed by atoms with E-state index in [2.05, 4.69) is 10.2 Å². The van der Waals surface area contributed by atoms with Gasteiger partial charge in [0.2, 0.25) is 0 Å². The number of ether oxygens (including phenoxy) is 4. The van der Waals surface area contributed by atoms with Crippen molar-refractivity contribution in [3.05, 3.63) is 77.6 Å². The topological polar surface area (TPSA) is 67.6 Å². The Morgan fingerprint density at radius 1 is 1.06 bits per heavy atom. The molecule has 0 fully saturated rings. The molecule has 0 amide bonds. The number of methoxy groups -OCH3 is 1. The van der Waals surface area contributed by atoms with Gasteiger partial charge in [0, 0.05) is 28.1 Å². The van der Waals surface area contributed by atoms with Gasteiger partial charge in [-0.15, -0.1) is 10.2 Å². The molecule has 2 heterocycles. The smallest absolute Gasteiger partial charge is 0.196 e. The van der Waals surface area contributed by atoms with Crippen LogP contribution in [0.5, 0.6) is 17.2 Å². The lowest BCUT2D eigenvalue weighted by Crippen LogP contribution is -2.13.